The lowest BCUT2D eigenvalue weighted by Crippen LogP contribution is -2.55. The van der Waals surface area contributed by atoms with E-state index in [1.807, 2.05) is 4.90 Å². The molecule has 1 heterocycles. The predicted octanol–water partition coefficient (Wildman–Crippen LogP) is 1.88. The number of methoxy groups -OCH3 is 1. The van der Waals surface area contributed by atoms with Crippen LogP contribution in [-0.2, 0) is 0 Å². The van der Waals surface area contributed by atoms with Gasteiger partial charge in [0.05, 0.1) is 17.6 Å². The molecule has 7 nitrogen and oxygen atoms in total. The maximum Gasteiger partial charge on any atom is 0.333 e. The summed E-state index contributed by atoms with van der Waals surface area (Å²) in [4.78, 5) is 15.3. The number of para-hydroxylation sites is 1. The number of hydrogen-bond donors (Lipinski definition) is 1. The molecule has 2 rings (SSSR count). The molecule has 0 aromatic heterocycles. The summed E-state index contributed by atoms with van der Waals surface area (Å²) in [6, 6.07) is 5.34. The highest BCUT2D eigenvalue weighted by molar-refractivity contribution is 5.70. The lowest BCUT2D eigenvalue weighted by molar-refractivity contribution is -0.385. The summed E-state index contributed by atoms with van der Waals surface area (Å²) in [7, 11) is 1.44. The molecule has 0 radical (unpaired) electrons. The molecule has 1 aliphatic rings. The highest BCUT2D eigenvalue weighted by Crippen LogP contribution is 2.37. The first-order chi connectivity index (χ1) is 10.7. The smallest absolute Gasteiger partial charge is 0.333 e. The number of β-amino-alcohol motifs (C(OH)–C–C–N with tert-alkyl or cyclic N) is 1. The Morgan fingerprint density at radius 2 is 2.13 bits per heavy atom. The van der Waals surface area contributed by atoms with Gasteiger partial charge in [0, 0.05) is 32.2 Å². The summed E-state index contributed by atoms with van der Waals surface area (Å²) in [5.41, 5.74) is -0.152. The van der Waals surface area contributed by atoms with Crippen LogP contribution in [0.15, 0.2) is 18.2 Å². The van der Waals surface area contributed by atoms with Gasteiger partial charge < -0.3 is 14.7 Å². The third-order valence-electron chi connectivity index (χ3n) is 4.08. The van der Waals surface area contributed by atoms with Crippen molar-refractivity contribution in [2.24, 2.45) is 0 Å². The number of piperazine rings is 1. The molecule has 1 fully saturated rings. The molecule has 0 saturated carbocycles. The molecule has 0 bridgehead atoms. The van der Waals surface area contributed by atoms with E-state index in [-0.39, 0.29) is 22.4 Å². The monoisotopic (exact) mass is 323 g/mol. The quantitative estimate of drug-likeness (QED) is 0.658. The second-order valence-corrected chi connectivity index (χ2v) is 6.66. The Balaban J connectivity index is 2.21. The maximum atomic E-state index is 11.4. The molecule has 0 aliphatic carbocycles. The second kappa shape index (κ2) is 6.72. The van der Waals surface area contributed by atoms with Crippen molar-refractivity contribution in [2.75, 3.05) is 38.2 Å². The largest absolute Gasteiger partial charge is 0.490 e. The molecular formula is C16H25N3O4. The topological polar surface area (TPSA) is 79.1 Å². The Bertz CT molecular complexity index is 571. The van der Waals surface area contributed by atoms with Crippen LogP contribution in [0.5, 0.6) is 5.75 Å². The third kappa shape index (κ3) is 4.11. The second-order valence-electron chi connectivity index (χ2n) is 6.66. The fourth-order valence-electron chi connectivity index (χ4n) is 3.06. The van der Waals surface area contributed by atoms with Crippen LogP contribution in [-0.4, -0.2) is 59.9 Å². The van der Waals surface area contributed by atoms with E-state index >= 15 is 0 Å². The van der Waals surface area contributed by atoms with Gasteiger partial charge in [-0.2, -0.15) is 0 Å². The fourth-order valence-corrected chi connectivity index (χ4v) is 3.06. The van der Waals surface area contributed by atoms with E-state index in [0.717, 1.165) is 6.54 Å². The van der Waals surface area contributed by atoms with Crippen LogP contribution >= 0.6 is 0 Å². The van der Waals surface area contributed by atoms with E-state index in [2.05, 4.69) is 11.8 Å². The molecule has 1 aromatic carbocycles. The maximum absolute atomic E-state index is 11.4. The SMILES string of the molecule is COc1cccc(N2CCN(CC(C)(C)O)C(C)C2)c1[N+](=O)[O-]. The molecule has 1 unspecified atom stereocenters. The van der Waals surface area contributed by atoms with Crippen LogP contribution in [0.1, 0.15) is 20.8 Å². The molecule has 1 N–H and O–H groups in total. The van der Waals surface area contributed by atoms with Gasteiger partial charge in [-0.3, -0.25) is 15.0 Å². The number of nitrogens with zero attached hydrogens (tertiary/aromatic N) is 3. The molecule has 128 valence electrons. The molecule has 1 aromatic rings. The van der Waals surface area contributed by atoms with Crippen molar-refractivity contribution in [1.82, 2.24) is 4.90 Å². The van der Waals surface area contributed by atoms with Crippen LogP contribution in [0.3, 0.4) is 0 Å². The van der Waals surface area contributed by atoms with Crippen LogP contribution < -0.4 is 9.64 Å². The van der Waals surface area contributed by atoms with Crippen LogP contribution in [0.4, 0.5) is 11.4 Å². The first-order valence-electron chi connectivity index (χ1n) is 7.75. The summed E-state index contributed by atoms with van der Waals surface area (Å²) < 4.78 is 5.14. The van der Waals surface area contributed by atoms with E-state index in [4.69, 9.17) is 4.74 Å². The average Bonchev–Trinajstić information content (AvgIpc) is 2.47. The molecule has 1 saturated heterocycles. The molecular weight excluding hydrogens is 298 g/mol. The van der Waals surface area contributed by atoms with Gasteiger partial charge in [-0.05, 0) is 32.9 Å². The number of benzene rings is 1. The number of nitro benzene ring substituents is 1. The Morgan fingerprint density at radius 1 is 1.43 bits per heavy atom. The number of ether oxygens (including phenoxy) is 1. The van der Waals surface area contributed by atoms with Crippen LogP contribution in [0, 0.1) is 10.1 Å². The lowest BCUT2D eigenvalue weighted by atomic mass is 10.1. The van der Waals surface area contributed by atoms with Crippen molar-refractivity contribution >= 4 is 11.4 Å². The predicted molar refractivity (Wildman–Crippen MR) is 89.2 cm³/mol. The Morgan fingerprint density at radius 3 is 2.65 bits per heavy atom. The summed E-state index contributed by atoms with van der Waals surface area (Å²) in [5, 5.41) is 21.4. The van der Waals surface area contributed by atoms with E-state index < -0.39 is 5.60 Å². The molecule has 7 heteroatoms. The van der Waals surface area contributed by atoms with Crippen molar-refractivity contribution in [3.63, 3.8) is 0 Å². The third-order valence-corrected chi connectivity index (χ3v) is 4.08. The van der Waals surface area contributed by atoms with Crippen LogP contribution in [0.25, 0.3) is 0 Å². The Labute approximate surface area is 136 Å². The van der Waals surface area contributed by atoms with E-state index in [9.17, 15) is 15.2 Å². The highest BCUT2D eigenvalue weighted by atomic mass is 16.6. The van der Waals surface area contributed by atoms with Crippen molar-refractivity contribution in [3.8, 4) is 5.75 Å². The minimum absolute atomic E-state index is 0.0122. The summed E-state index contributed by atoms with van der Waals surface area (Å²) in [6.07, 6.45) is 0. The summed E-state index contributed by atoms with van der Waals surface area (Å²) in [5.74, 6) is 0.277. The van der Waals surface area contributed by atoms with Crippen molar-refractivity contribution < 1.29 is 14.8 Å². The minimum atomic E-state index is -0.752. The zero-order valence-electron chi connectivity index (χ0n) is 14.2. The van der Waals surface area contributed by atoms with Crippen LogP contribution in [0.2, 0.25) is 0 Å². The standard InChI is InChI=1S/C16H25N3O4/c1-12-10-17(8-9-18(12)11-16(2,3)20)13-6-5-7-14(23-4)15(13)19(21)22/h5-7,12,20H,8-11H2,1-4H3. The van der Waals surface area contributed by atoms with Gasteiger partial charge in [-0.15, -0.1) is 0 Å². The molecule has 1 atom stereocenters. The van der Waals surface area contributed by atoms with E-state index in [1.165, 1.54) is 7.11 Å². The summed E-state index contributed by atoms with van der Waals surface area (Å²) in [6.45, 7) is 8.34. The zero-order valence-corrected chi connectivity index (χ0v) is 14.2. The zero-order chi connectivity index (χ0) is 17.2. The first kappa shape index (κ1) is 17.5. The van der Waals surface area contributed by atoms with Gasteiger partial charge in [-0.25, -0.2) is 0 Å². The van der Waals surface area contributed by atoms with E-state index in [0.29, 0.717) is 25.3 Å². The van der Waals surface area contributed by atoms with Crippen molar-refractivity contribution in [3.05, 3.63) is 28.3 Å². The number of rotatable bonds is 5. The van der Waals surface area contributed by atoms with Gasteiger partial charge in [0.25, 0.3) is 0 Å². The van der Waals surface area contributed by atoms with Gasteiger partial charge in [0.15, 0.2) is 5.75 Å². The number of anilines is 1. The number of nitro groups is 1. The van der Waals surface area contributed by atoms with Gasteiger partial charge >= 0.3 is 5.69 Å². The van der Waals surface area contributed by atoms with Crippen molar-refractivity contribution in [2.45, 2.75) is 32.4 Å². The first-order valence-corrected chi connectivity index (χ1v) is 7.75. The van der Waals surface area contributed by atoms with Gasteiger partial charge in [0.1, 0.15) is 5.69 Å². The highest BCUT2D eigenvalue weighted by Gasteiger charge is 2.31. The molecule has 23 heavy (non-hydrogen) atoms. The normalized spacial score (nSPS) is 19.7. The van der Waals surface area contributed by atoms with Gasteiger partial charge in [-0.1, -0.05) is 6.07 Å². The minimum Gasteiger partial charge on any atom is -0.490 e. The van der Waals surface area contributed by atoms with E-state index in [1.54, 1.807) is 32.0 Å². The molecule has 0 amide bonds. The average molecular weight is 323 g/mol. The Hall–Kier alpha value is -1.86. The molecule has 1 aliphatic heterocycles. The fraction of sp³-hybridized carbons (Fsp3) is 0.625. The van der Waals surface area contributed by atoms with Crippen molar-refractivity contribution in [1.29, 1.82) is 0 Å². The van der Waals surface area contributed by atoms with Gasteiger partial charge in [0.2, 0.25) is 0 Å². The lowest BCUT2D eigenvalue weighted by Gasteiger charge is -2.42. The molecule has 0 spiro atoms. The number of aliphatic hydroxyl groups is 1. The summed E-state index contributed by atoms with van der Waals surface area (Å²) >= 11 is 0. The number of hydrogen-bond acceptors (Lipinski definition) is 6. The Kier molecular flexibility index (Phi) is 5.11.